The third kappa shape index (κ3) is 3.01. The predicted octanol–water partition coefficient (Wildman–Crippen LogP) is 4.03. The molecule has 1 unspecified atom stereocenters. The quantitative estimate of drug-likeness (QED) is 0.926. The molecule has 1 aromatic carbocycles. The maximum atomic E-state index is 5.34. The number of nitrogens with zero attached hydrogens (tertiary/aromatic N) is 1. The van der Waals surface area contributed by atoms with Crippen LogP contribution < -0.4 is 10.1 Å². The minimum atomic E-state index is 0.168. The van der Waals surface area contributed by atoms with Gasteiger partial charge < -0.3 is 10.1 Å². The molecule has 0 radical (unpaired) electrons. The Morgan fingerprint density at radius 2 is 2.17 bits per heavy atom. The van der Waals surface area contributed by atoms with E-state index in [1.807, 2.05) is 30.5 Å². The lowest BCUT2D eigenvalue weighted by Crippen LogP contribution is -2.07. The van der Waals surface area contributed by atoms with Gasteiger partial charge in [-0.15, -0.1) is 0 Å². The van der Waals surface area contributed by atoms with Gasteiger partial charge in [-0.1, -0.05) is 22.0 Å². The number of pyridine rings is 1. The van der Waals surface area contributed by atoms with Crippen LogP contribution in [0.15, 0.2) is 47.2 Å². The number of anilines is 1. The lowest BCUT2D eigenvalue weighted by atomic mass is 10.1. The highest BCUT2D eigenvalue weighted by Crippen LogP contribution is 2.30. The molecule has 1 aromatic heterocycles. The summed E-state index contributed by atoms with van der Waals surface area (Å²) in [5.74, 6) is 0.828. The van der Waals surface area contributed by atoms with Gasteiger partial charge in [-0.3, -0.25) is 4.98 Å². The second-order valence-electron chi connectivity index (χ2n) is 4.00. The molecule has 0 bridgehead atoms. The smallest absolute Gasteiger partial charge is 0.142 e. The first-order chi connectivity index (χ1) is 8.70. The predicted molar refractivity (Wildman–Crippen MR) is 77.0 cm³/mol. The summed E-state index contributed by atoms with van der Waals surface area (Å²) in [6.45, 7) is 2.09. The molecular weight excluding hydrogens is 292 g/mol. The molecule has 0 fully saturated rings. The van der Waals surface area contributed by atoms with Gasteiger partial charge in [0, 0.05) is 16.9 Å². The lowest BCUT2D eigenvalue weighted by molar-refractivity contribution is 0.416. The fourth-order valence-electron chi connectivity index (χ4n) is 1.74. The highest BCUT2D eigenvalue weighted by molar-refractivity contribution is 9.10. The fourth-order valence-corrected chi connectivity index (χ4v) is 2.10. The van der Waals surface area contributed by atoms with Gasteiger partial charge in [-0.05, 0) is 36.8 Å². The Bertz CT molecular complexity index is 516. The van der Waals surface area contributed by atoms with E-state index in [2.05, 4.69) is 39.2 Å². The number of aromatic nitrogens is 1. The number of nitrogens with one attached hydrogen (secondary N) is 1. The second kappa shape index (κ2) is 5.87. The van der Waals surface area contributed by atoms with E-state index in [4.69, 9.17) is 4.74 Å². The van der Waals surface area contributed by atoms with Crippen molar-refractivity contribution in [2.45, 2.75) is 13.0 Å². The maximum Gasteiger partial charge on any atom is 0.142 e. The van der Waals surface area contributed by atoms with Crippen LogP contribution in [0, 0.1) is 0 Å². The molecule has 3 nitrogen and oxygen atoms in total. The molecule has 18 heavy (non-hydrogen) atoms. The minimum Gasteiger partial charge on any atom is -0.495 e. The van der Waals surface area contributed by atoms with E-state index in [1.54, 1.807) is 13.3 Å². The molecule has 0 amide bonds. The summed E-state index contributed by atoms with van der Waals surface area (Å²) in [6.07, 6.45) is 3.64. The number of ether oxygens (including phenoxy) is 1. The summed E-state index contributed by atoms with van der Waals surface area (Å²) < 4.78 is 6.36. The molecule has 1 atom stereocenters. The van der Waals surface area contributed by atoms with Gasteiger partial charge in [0.1, 0.15) is 5.75 Å². The van der Waals surface area contributed by atoms with Crippen LogP contribution in [0.3, 0.4) is 0 Å². The van der Waals surface area contributed by atoms with Crippen molar-refractivity contribution >= 4 is 21.6 Å². The zero-order valence-corrected chi connectivity index (χ0v) is 11.9. The summed E-state index contributed by atoms with van der Waals surface area (Å²) >= 11 is 3.46. The molecule has 0 aliphatic carbocycles. The van der Waals surface area contributed by atoms with Crippen LogP contribution in [0.4, 0.5) is 5.69 Å². The van der Waals surface area contributed by atoms with Crippen molar-refractivity contribution < 1.29 is 4.74 Å². The van der Waals surface area contributed by atoms with Crippen LogP contribution in [0.5, 0.6) is 5.75 Å². The van der Waals surface area contributed by atoms with Gasteiger partial charge in [-0.25, -0.2) is 0 Å². The van der Waals surface area contributed by atoms with Crippen molar-refractivity contribution in [2.24, 2.45) is 0 Å². The van der Waals surface area contributed by atoms with Crippen LogP contribution in [-0.4, -0.2) is 12.1 Å². The van der Waals surface area contributed by atoms with E-state index >= 15 is 0 Å². The number of methoxy groups -OCH3 is 1. The summed E-state index contributed by atoms with van der Waals surface area (Å²) in [6, 6.07) is 10.1. The molecule has 0 aliphatic heterocycles. The minimum absolute atomic E-state index is 0.168. The molecule has 4 heteroatoms. The Kier molecular flexibility index (Phi) is 4.20. The Morgan fingerprint density at radius 3 is 2.83 bits per heavy atom. The zero-order chi connectivity index (χ0) is 13.0. The lowest BCUT2D eigenvalue weighted by Gasteiger charge is -2.17. The largest absolute Gasteiger partial charge is 0.495 e. The first kappa shape index (κ1) is 12.9. The van der Waals surface area contributed by atoms with E-state index < -0.39 is 0 Å². The van der Waals surface area contributed by atoms with Crippen molar-refractivity contribution in [1.29, 1.82) is 0 Å². The zero-order valence-electron chi connectivity index (χ0n) is 10.4. The first-order valence-corrected chi connectivity index (χ1v) is 6.50. The van der Waals surface area contributed by atoms with Crippen molar-refractivity contribution in [2.75, 3.05) is 12.4 Å². The van der Waals surface area contributed by atoms with E-state index in [-0.39, 0.29) is 6.04 Å². The van der Waals surface area contributed by atoms with Gasteiger partial charge in [0.05, 0.1) is 18.8 Å². The van der Waals surface area contributed by atoms with Crippen molar-refractivity contribution in [1.82, 2.24) is 4.98 Å². The second-order valence-corrected chi connectivity index (χ2v) is 4.91. The van der Waals surface area contributed by atoms with E-state index in [0.717, 1.165) is 21.5 Å². The van der Waals surface area contributed by atoms with Gasteiger partial charge in [-0.2, -0.15) is 0 Å². The average Bonchev–Trinajstić information content (AvgIpc) is 2.40. The molecule has 1 heterocycles. The molecule has 2 rings (SSSR count). The van der Waals surface area contributed by atoms with Crippen LogP contribution >= 0.6 is 15.9 Å². The van der Waals surface area contributed by atoms with Crippen LogP contribution in [0.1, 0.15) is 18.5 Å². The number of hydrogen-bond acceptors (Lipinski definition) is 3. The molecule has 0 saturated heterocycles. The Balaban J connectivity index is 2.21. The molecular formula is C14H15BrN2O. The molecule has 0 saturated carbocycles. The Labute approximate surface area is 115 Å². The number of benzene rings is 1. The number of rotatable bonds is 4. The highest BCUT2D eigenvalue weighted by Gasteiger charge is 2.09. The fraction of sp³-hybridized carbons (Fsp3) is 0.214. The average molecular weight is 307 g/mol. The van der Waals surface area contributed by atoms with Crippen molar-refractivity contribution in [3.8, 4) is 5.75 Å². The highest BCUT2D eigenvalue weighted by atomic mass is 79.9. The van der Waals surface area contributed by atoms with Crippen LogP contribution in [-0.2, 0) is 0 Å². The third-order valence-corrected chi connectivity index (χ3v) is 3.21. The van der Waals surface area contributed by atoms with E-state index in [1.165, 1.54) is 0 Å². The number of halogens is 1. The maximum absolute atomic E-state index is 5.34. The molecule has 1 N–H and O–H groups in total. The molecule has 2 aromatic rings. The third-order valence-electron chi connectivity index (χ3n) is 2.72. The van der Waals surface area contributed by atoms with Gasteiger partial charge in [0.15, 0.2) is 0 Å². The standard InChI is InChI=1S/C14H15BrN2O/c1-10(11-4-3-7-16-9-11)17-13-8-12(15)5-6-14(13)18-2/h3-10,17H,1-2H3. The Morgan fingerprint density at radius 1 is 1.33 bits per heavy atom. The molecule has 0 spiro atoms. The molecule has 0 aliphatic rings. The van der Waals surface area contributed by atoms with Crippen LogP contribution in [0.25, 0.3) is 0 Å². The topological polar surface area (TPSA) is 34.1 Å². The normalized spacial score (nSPS) is 11.9. The van der Waals surface area contributed by atoms with Crippen molar-refractivity contribution in [3.05, 3.63) is 52.8 Å². The van der Waals surface area contributed by atoms with Crippen LogP contribution in [0.2, 0.25) is 0 Å². The van der Waals surface area contributed by atoms with E-state index in [9.17, 15) is 0 Å². The van der Waals surface area contributed by atoms with Crippen molar-refractivity contribution in [3.63, 3.8) is 0 Å². The van der Waals surface area contributed by atoms with Gasteiger partial charge in [0.25, 0.3) is 0 Å². The van der Waals surface area contributed by atoms with Gasteiger partial charge in [0.2, 0.25) is 0 Å². The van der Waals surface area contributed by atoms with Gasteiger partial charge >= 0.3 is 0 Å². The summed E-state index contributed by atoms with van der Waals surface area (Å²) in [5.41, 5.74) is 2.10. The monoisotopic (exact) mass is 306 g/mol. The number of hydrogen-bond donors (Lipinski definition) is 1. The van der Waals surface area contributed by atoms with E-state index in [0.29, 0.717) is 0 Å². The Hall–Kier alpha value is -1.55. The summed E-state index contributed by atoms with van der Waals surface area (Å²) in [7, 11) is 1.67. The molecule has 94 valence electrons. The summed E-state index contributed by atoms with van der Waals surface area (Å²) in [5, 5.41) is 3.42. The SMILES string of the molecule is COc1ccc(Br)cc1NC(C)c1cccnc1. The summed E-state index contributed by atoms with van der Waals surface area (Å²) in [4.78, 5) is 4.13. The first-order valence-electron chi connectivity index (χ1n) is 5.70.